The molecule has 3 N–H and O–H groups in total. The van der Waals surface area contributed by atoms with Crippen molar-refractivity contribution in [2.45, 2.75) is 91.7 Å². The quantitative estimate of drug-likeness (QED) is 0.0922. The van der Waals surface area contributed by atoms with Gasteiger partial charge in [0.05, 0.1) is 18.4 Å². The van der Waals surface area contributed by atoms with Crippen molar-refractivity contribution in [3.05, 3.63) is 33.1 Å². The van der Waals surface area contributed by atoms with E-state index in [1.807, 2.05) is 0 Å². The second-order valence-corrected chi connectivity index (χ2v) is 14.1. The Morgan fingerprint density at radius 2 is 1.51 bits per heavy atom. The van der Waals surface area contributed by atoms with E-state index in [9.17, 15) is 38.4 Å². The zero-order valence-electron chi connectivity index (χ0n) is 29.4. The first kappa shape index (κ1) is 45.8. The van der Waals surface area contributed by atoms with Gasteiger partial charge in [-0.25, -0.2) is 27.4 Å². The molecule has 19 nitrogen and oxygen atoms in total. The number of alkyl halides is 1. The number of hydrogen-bond acceptors (Lipinski definition) is 17. The molecule has 1 aliphatic heterocycles. The maximum absolute atomic E-state index is 15.1. The second-order valence-electron chi connectivity index (χ2n) is 12.5. The number of esters is 4. The molecular formula is C29H46ClFN3O16P. The lowest BCUT2D eigenvalue weighted by atomic mass is 9.88. The summed E-state index contributed by atoms with van der Waals surface area (Å²) in [5, 5.41) is 11.6. The van der Waals surface area contributed by atoms with Crippen LogP contribution < -0.4 is 17.0 Å². The molecule has 1 saturated heterocycles. The fourth-order valence-corrected chi connectivity index (χ4v) is 5.27. The highest BCUT2D eigenvalue weighted by Crippen LogP contribution is 2.53. The molecular weight excluding hydrogens is 732 g/mol. The van der Waals surface area contributed by atoms with Gasteiger partial charge in [0, 0.05) is 19.2 Å². The van der Waals surface area contributed by atoms with E-state index in [1.54, 1.807) is 13.8 Å². The van der Waals surface area contributed by atoms with Gasteiger partial charge in [-0.1, -0.05) is 41.5 Å². The molecule has 2 heterocycles. The average molecular weight is 778 g/mol. The summed E-state index contributed by atoms with van der Waals surface area (Å²) in [7, 11) is -4.95. The van der Waals surface area contributed by atoms with E-state index in [-0.39, 0.29) is 18.3 Å². The predicted octanol–water partition coefficient (Wildman–Crippen LogP) is 1.31. The topological polar surface area (TPSA) is 249 Å². The lowest BCUT2D eigenvalue weighted by Gasteiger charge is -2.34. The molecule has 51 heavy (non-hydrogen) atoms. The van der Waals surface area contributed by atoms with Gasteiger partial charge < -0.3 is 34.5 Å². The second kappa shape index (κ2) is 19.0. The third-order valence-corrected chi connectivity index (χ3v) is 8.56. The molecule has 2 rings (SSSR count). The largest absolute Gasteiger partial charge is 0.480 e. The highest BCUT2D eigenvalue weighted by atomic mass is 35.5. The van der Waals surface area contributed by atoms with Crippen LogP contribution in [0.2, 0.25) is 0 Å². The zero-order chi connectivity index (χ0) is 38.2. The highest BCUT2D eigenvalue weighted by molar-refractivity contribution is 7.48. The Kier molecular flexibility index (Phi) is 17.1. The third-order valence-electron chi connectivity index (χ3n) is 7.27. The van der Waals surface area contributed by atoms with Crippen LogP contribution in [0.1, 0.15) is 61.6 Å². The average Bonchev–Trinajstić information content (AvgIpc) is 3.24. The van der Waals surface area contributed by atoms with E-state index in [0.717, 1.165) is 26.1 Å². The van der Waals surface area contributed by atoms with E-state index >= 15 is 4.39 Å². The molecule has 0 unspecified atom stereocenters. The van der Waals surface area contributed by atoms with Gasteiger partial charge in [0.2, 0.25) is 13.6 Å². The molecule has 1 aromatic heterocycles. The molecule has 0 saturated carbocycles. The number of ether oxygens (including phenoxy) is 5. The molecule has 1 fully saturated rings. The molecule has 0 bridgehead atoms. The van der Waals surface area contributed by atoms with Crippen molar-refractivity contribution in [1.29, 1.82) is 0 Å². The number of carbonyl (C=O) groups excluding carboxylic acids is 4. The number of aromatic nitrogens is 2. The monoisotopic (exact) mass is 777 g/mol. The standard InChI is InChI=1S/C29H45FN3O16P.ClH/c1-16(2)21(31)24(38)42-13-33-20(35)9-10-32(27(33)39)26-28(8,40)25(48-19(7)34)29(11-30,49-26)12-45-50(41,46-14-43-22(36)17(3)4)47-15-44-23(37)18(5)6;/h9-10,16-18,21,25-26,40H,11-15,31H2,1-8H3;1H/t21-,25-,26+,28+,29+;/m0./s1. The van der Waals surface area contributed by atoms with Crippen LogP contribution in [-0.4, -0.2) is 88.3 Å². The van der Waals surface area contributed by atoms with Crippen LogP contribution >= 0.6 is 20.2 Å². The summed E-state index contributed by atoms with van der Waals surface area (Å²) in [5.41, 5.74) is -1.41. The fourth-order valence-electron chi connectivity index (χ4n) is 4.30. The normalized spacial score (nSPS) is 22.4. The van der Waals surface area contributed by atoms with Gasteiger partial charge in [-0.15, -0.1) is 12.4 Å². The van der Waals surface area contributed by atoms with E-state index in [1.165, 1.54) is 27.7 Å². The van der Waals surface area contributed by atoms with E-state index < -0.39 is 118 Å². The van der Waals surface area contributed by atoms with Gasteiger partial charge in [0.25, 0.3) is 5.56 Å². The maximum Gasteiger partial charge on any atom is 0.480 e. The Bertz CT molecular complexity index is 1520. The molecule has 1 aliphatic rings. The lowest BCUT2D eigenvalue weighted by molar-refractivity contribution is -0.174. The van der Waals surface area contributed by atoms with Crippen molar-refractivity contribution in [1.82, 2.24) is 9.13 Å². The van der Waals surface area contributed by atoms with Gasteiger partial charge in [-0.05, 0) is 12.8 Å². The Morgan fingerprint density at radius 3 is 1.96 bits per heavy atom. The Morgan fingerprint density at radius 1 is 0.980 bits per heavy atom. The van der Waals surface area contributed by atoms with Crippen molar-refractivity contribution >= 4 is 44.1 Å². The minimum atomic E-state index is -4.95. The van der Waals surface area contributed by atoms with Crippen LogP contribution in [0.15, 0.2) is 21.9 Å². The minimum Gasteiger partial charge on any atom is -0.456 e. The molecule has 0 aromatic carbocycles. The Labute approximate surface area is 298 Å². The molecule has 0 aliphatic carbocycles. The predicted molar refractivity (Wildman–Crippen MR) is 173 cm³/mol. The van der Waals surface area contributed by atoms with Gasteiger partial charge in [0.15, 0.2) is 24.7 Å². The maximum atomic E-state index is 15.1. The van der Waals surface area contributed by atoms with Crippen molar-refractivity contribution in [2.75, 3.05) is 26.9 Å². The molecule has 1 aromatic rings. The van der Waals surface area contributed by atoms with E-state index in [4.69, 9.17) is 43.0 Å². The number of phosphoric ester groups is 1. The van der Waals surface area contributed by atoms with Crippen molar-refractivity contribution in [3.8, 4) is 0 Å². The van der Waals surface area contributed by atoms with E-state index in [0.29, 0.717) is 9.13 Å². The Hall–Kier alpha value is -3.23. The van der Waals surface area contributed by atoms with Crippen LogP contribution in [0.3, 0.4) is 0 Å². The van der Waals surface area contributed by atoms with Crippen molar-refractivity contribution in [2.24, 2.45) is 23.5 Å². The summed E-state index contributed by atoms with van der Waals surface area (Å²) in [4.78, 5) is 74.3. The van der Waals surface area contributed by atoms with Crippen LogP contribution in [-0.2, 0) is 67.7 Å². The summed E-state index contributed by atoms with van der Waals surface area (Å²) >= 11 is 0. The first-order valence-corrected chi connectivity index (χ1v) is 16.8. The number of nitrogens with zero attached hydrogens (tertiary/aromatic N) is 2. The minimum absolute atomic E-state index is 0. The molecule has 0 spiro atoms. The van der Waals surface area contributed by atoms with Gasteiger partial charge in [-0.2, -0.15) is 0 Å². The number of phosphoric acid groups is 1. The number of carbonyl (C=O) groups is 4. The van der Waals surface area contributed by atoms with Gasteiger partial charge >= 0.3 is 37.4 Å². The summed E-state index contributed by atoms with van der Waals surface area (Å²) in [6, 6.07) is -0.213. The first-order chi connectivity index (χ1) is 23.1. The number of nitrogens with two attached hydrogens (primary N) is 1. The van der Waals surface area contributed by atoms with Crippen LogP contribution in [0.25, 0.3) is 0 Å². The summed E-state index contributed by atoms with van der Waals surface area (Å²) in [5.74, 6) is -5.04. The lowest BCUT2D eigenvalue weighted by Crippen LogP contribution is -2.55. The SMILES string of the molecule is CC(=O)O[C@@H]1[C@@](CF)(COP(=O)(OCOC(=O)C(C)C)OCOC(=O)C(C)C)O[C@@H](n2ccc(=O)n(COC(=O)[C@@H](N)C(C)C)c2=O)[C@]1(C)O.Cl. The van der Waals surface area contributed by atoms with Crippen molar-refractivity contribution < 1.29 is 70.5 Å². The number of hydrogen-bond donors (Lipinski definition) is 2. The smallest absolute Gasteiger partial charge is 0.456 e. The van der Waals surface area contributed by atoms with Gasteiger partial charge in [0.1, 0.15) is 18.3 Å². The molecule has 292 valence electrons. The fraction of sp³-hybridized carbons (Fsp3) is 0.724. The Balaban J connectivity index is 0.0000130. The highest BCUT2D eigenvalue weighted by Gasteiger charge is 2.65. The summed E-state index contributed by atoms with van der Waals surface area (Å²) < 4.78 is 71.0. The number of rotatable bonds is 18. The van der Waals surface area contributed by atoms with Crippen LogP contribution in [0.5, 0.6) is 0 Å². The van der Waals surface area contributed by atoms with Crippen molar-refractivity contribution in [3.63, 3.8) is 0 Å². The van der Waals surface area contributed by atoms with Crippen LogP contribution in [0, 0.1) is 17.8 Å². The molecule has 0 radical (unpaired) electrons. The third kappa shape index (κ3) is 11.6. The van der Waals surface area contributed by atoms with Crippen LogP contribution in [0.4, 0.5) is 4.39 Å². The first-order valence-electron chi connectivity index (χ1n) is 15.4. The summed E-state index contributed by atoms with van der Waals surface area (Å²) in [6.45, 7) is 5.59. The van der Waals surface area contributed by atoms with E-state index in [2.05, 4.69) is 0 Å². The summed E-state index contributed by atoms with van der Waals surface area (Å²) in [6.07, 6.45) is -3.03. The molecule has 22 heteroatoms. The molecule has 0 amide bonds. The number of halogens is 2. The van der Waals surface area contributed by atoms with Gasteiger partial charge in [-0.3, -0.25) is 33.1 Å². The molecule has 5 atom stereocenters. The zero-order valence-corrected chi connectivity index (χ0v) is 31.1. The number of aliphatic hydroxyl groups is 1.